The molecule has 0 fully saturated rings. The molecular weight excluding hydrogens is 350 g/mol. The largest absolute Gasteiger partial charge is 0.493 e. The predicted molar refractivity (Wildman–Crippen MR) is 106 cm³/mol. The number of amides is 1. The van der Waals surface area contributed by atoms with E-state index in [0.717, 1.165) is 11.1 Å². The van der Waals surface area contributed by atoms with Gasteiger partial charge in [-0.15, -0.1) is 0 Å². The third kappa shape index (κ3) is 5.81. The number of benzene rings is 2. The van der Waals surface area contributed by atoms with Gasteiger partial charge in [-0.05, 0) is 55.3 Å². The zero-order valence-corrected chi connectivity index (χ0v) is 16.3. The van der Waals surface area contributed by atoms with E-state index in [9.17, 15) is 4.79 Å². The van der Waals surface area contributed by atoms with Crippen molar-refractivity contribution in [1.29, 1.82) is 0 Å². The summed E-state index contributed by atoms with van der Waals surface area (Å²) in [7, 11) is 3.36. The Balaban J connectivity index is 2.03. The predicted octanol–water partition coefficient (Wildman–Crippen LogP) is 4.81. The second kappa shape index (κ2) is 9.30. The van der Waals surface area contributed by atoms with Gasteiger partial charge >= 0.3 is 0 Å². The Labute approximate surface area is 160 Å². The summed E-state index contributed by atoms with van der Waals surface area (Å²) >= 11 is 5.88. The topological polar surface area (TPSA) is 38.8 Å². The average Bonchev–Trinajstić information content (AvgIpc) is 2.62. The van der Waals surface area contributed by atoms with Gasteiger partial charge in [0.2, 0.25) is 5.91 Å². The fourth-order valence-electron chi connectivity index (χ4n) is 2.38. The van der Waals surface area contributed by atoms with Crippen molar-refractivity contribution < 1.29 is 14.3 Å². The minimum Gasteiger partial charge on any atom is -0.493 e. The lowest BCUT2D eigenvalue weighted by atomic mass is 10.1. The molecule has 0 aliphatic carbocycles. The molecule has 0 saturated heterocycles. The lowest BCUT2D eigenvalue weighted by Gasteiger charge is -2.15. The Kier molecular flexibility index (Phi) is 7.10. The highest BCUT2D eigenvalue weighted by atomic mass is 35.5. The Morgan fingerprint density at radius 2 is 1.85 bits per heavy atom. The molecule has 0 heterocycles. The molecule has 0 bridgehead atoms. The minimum absolute atomic E-state index is 0.0633. The number of hydrogen-bond donors (Lipinski definition) is 0. The van der Waals surface area contributed by atoms with E-state index in [2.05, 4.69) is 0 Å². The number of hydrogen-bond acceptors (Lipinski definition) is 3. The molecule has 1 amide bonds. The summed E-state index contributed by atoms with van der Waals surface area (Å²) in [6.07, 6.45) is 3.38. The number of carbonyl (C=O) groups excluding carboxylic acids is 1. The highest BCUT2D eigenvalue weighted by molar-refractivity contribution is 6.30. The van der Waals surface area contributed by atoms with Crippen LogP contribution in [0.1, 0.15) is 25.0 Å². The van der Waals surface area contributed by atoms with Gasteiger partial charge in [0, 0.05) is 24.7 Å². The Bertz CT molecular complexity index is 769. The van der Waals surface area contributed by atoms with Crippen molar-refractivity contribution >= 4 is 23.6 Å². The Morgan fingerprint density at radius 1 is 1.15 bits per heavy atom. The molecule has 2 aromatic carbocycles. The number of carbonyl (C=O) groups is 1. The van der Waals surface area contributed by atoms with Crippen molar-refractivity contribution in [3.8, 4) is 11.5 Å². The van der Waals surface area contributed by atoms with Crippen LogP contribution in [-0.4, -0.2) is 31.1 Å². The fourth-order valence-corrected chi connectivity index (χ4v) is 2.50. The molecule has 0 N–H and O–H groups in total. The second-order valence-corrected chi connectivity index (χ2v) is 6.67. The minimum atomic E-state index is -0.0820. The summed E-state index contributed by atoms with van der Waals surface area (Å²) < 4.78 is 11.1. The highest BCUT2D eigenvalue weighted by Crippen LogP contribution is 2.29. The number of nitrogens with zero attached hydrogens (tertiary/aromatic N) is 1. The maximum Gasteiger partial charge on any atom is 0.246 e. The maximum absolute atomic E-state index is 12.3. The van der Waals surface area contributed by atoms with E-state index in [1.54, 1.807) is 31.2 Å². The van der Waals surface area contributed by atoms with E-state index in [0.29, 0.717) is 23.1 Å². The zero-order chi connectivity index (χ0) is 19.1. The van der Waals surface area contributed by atoms with E-state index < -0.39 is 0 Å². The van der Waals surface area contributed by atoms with Crippen LogP contribution in [0.3, 0.4) is 0 Å². The van der Waals surface area contributed by atoms with Gasteiger partial charge in [0.15, 0.2) is 11.5 Å². The third-order valence-corrected chi connectivity index (χ3v) is 3.93. The lowest BCUT2D eigenvalue weighted by Crippen LogP contribution is -2.24. The van der Waals surface area contributed by atoms with Gasteiger partial charge in [0.05, 0.1) is 13.2 Å². The number of likely N-dealkylation sites (N-methyl/N-ethyl adjacent to an activating group) is 1. The molecule has 4 nitrogen and oxygen atoms in total. The van der Waals surface area contributed by atoms with Gasteiger partial charge in [-0.1, -0.05) is 29.8 Å². The molecule has 0 spiro atoms. The number of methoxy groups -OCH3 is 1. The quantitative estimate of drug-likeness (QED) is 0.654. The molecule has 26 heavy (non-hydrogen) atoms. The van der Waals surface area contributed by atoms with Crippen molar-refractivity contribution in [2.45, 2.75) is 26.5 Å². The average molecular weight is 374 g/mol. The monoisotopic (exact) mass is 373 g/mol. The standard InChI is InChI=1S/C21H24ClNO3/c1-15(2)26-19-11-7-16(13-20(19)25-4)8-12-21(24)23(3)14-17-5-9-18(22)10-6-17/h5-13,15H,14H2,1-4H3/b12-8+. The van der Waals surface area contributed by atoms with Crippen LogP contribution >= 0.6 is 11.6 Å². The molecular formula is C21H24ClNO3. The molecule has 0 saturated carbocycles. The van der Waals surface area contributed by atoms with Crippen LogP contribution in [0.2, 0.25) is 5.02 Å². The van der Waals surface area contributed by atoms with Crippen LogP contribution in [0.5, 0.6) is 11.5 Å². The second-order valence-electron chi connectivity index (χ2n) is 6.23. The third-order valence-electron chi connectivity index (χ3n) is 3.68. The summed E-state index contributed by atoms with van der Waals surface area (Å²) in [6, 6.07) is 13.0. The summed E-state index contributed by atoms with van der Waals surface area (Å²) in [5.41, 5.74) is 1.89. The molecule has 0 radical (unpaired) electrons. The molecule has 5 heteroatoms. The van der Waals surface area contributed by atoms with Gasteiger partial charge < -0.3 is 14.4 Å². The smallest absolute Gasteiger partial charge is 0.246 e. The first kappa shape index (κ1) is 19.9. The van der Waals surface area contributed by atoms with E-state index in [1.807, 2.05) is 56.3 Å². The van der Waals surface area contributed by atoms with Gasteiger partial charge in [-0.25, -0.2) is 0 Å². The maximum atomic E-state index is 12.3. The van der Waals surface area contributed by atoms with Crippen LogP contribution in [0.15, 0.2) is 48.5 Å². The normalized spacial score (nSPS) is 11.0. The summed E-state index contributed by atoms with van der Waals surface area (Å²) in [5.74, 6) is 1.25. The number of ether oxygens (including phenoxy) is 2. The van der Waals surface area contributed by atoms with E-state index >= 15 is 0 Å². The summed E-state index contributed by atoms with van der Waals surface area (Å²) in [4.78, 5) is 14.0. The molecule has 0 atom stereocenters. The van der Waals surface area contributed by atoms with E-state index in [-0.39, 0.29) is 12.0 Å². The number of rotatable bonds is 7. The zero-order valence-electron chi connectivity index (χ0n) is 15.5. The van der Waals surface area contributed by atoms with E-state index in [4.69, 9.17) is 21.1 Å². The molecule has 2 aromatic rings. The van der Waals surface area contributed by atoms with E-state index in [1.165, 1.54) is 0 Å². The first-order valence-corrected chi connectivity index (χ1v) is 8.79. The molecule has 0 unspecified atom stereocenters. The molecule has 0 aromatic heterocycles. The number of halogens is 1. The van der Waals surface area contributed by atoms with Crippen molar-refractivity contribution in [2.75, 3.05) is 14.2 Å². The molecule has 0 aliphatic heterocycles. The van der Waals surface area contributed by atoms with Gasteiger partial charge in [-0.3, -0.25) is 4.79 Å². The first-order valence-electron chi connectivity index (χ1n) is 8.41. The van der Waals surface area contributed by atoms with Crippen molar-refractivity contribution in [3.63, 3.8) is 0 Å². The summed E-state index contributed by atoms with van der Waals surface area (Å²) in [6.45, 7) is 4.44. The summed E-state index contributed by atoms with van der Waals surface area (Å²) in [5, 5.41) is 0.682. The van der Waals surface area contributed by atoms with Gasteiger partial charge in [0.1, 0.15) is 0 Å². The lowest BCUT2D eigenvalue weighted by molar-refractivity contribution is -0.125. The molecule has 2 rings (SSSR count). The van der Waals surface area contributed by atoms with Gasteiger partial charge in [0.25, 0.3) is 0 Å². The van der Waals surface area contributed by atoms with Crippen LogP contribution in [0.25, 0.3) is 6.08 Å². The molecule has 0 aliphatic rings. The van der Waals surface area contributed by atoms with Crippen molar-refractivity contribution in [1.82, 2.24) is 4.90 Å². The van der Waals surface area contributed by atoms with Crippen LogP contribution in [0.4, 0.5) is 0 Å². The Hall–Kier alpha value is -2.46. The van der Waals surface area contributed by atoms with Crippen molar-refractivity contribution in [3.05, 3.63) is 64.7 Å². The first-order chi connectivity index (χ1) is 12.4. The highest BCUT2D eigenvalue weighted by Gasteiger charge is 2.08. The van der Waals surface area contributed by atoms with Crippen molar-refractivity contribution in [2.24, 2.45) is 0 Å². The fraction of sp³-hybridized carbons (Fsp3) is 0.286. The Morgan fingerprint density at radius 3 is 2.46 bits per heavy atom. The van der Waals surface area contributed by atoms with Crippen LogP contribution < -0.4 is 9.47 Å². The van der Waals surface area contributed by atoms with Crippen LogP contribution in [-0.2, 0) is 11.3 Å². The SMILES string of the molecule is COc1cc(/C=C/C(=O)N(C)Cc2ccc(Cl)cc2)ccc1OC(C)C. The van der Waals surface area contributed by atoms with Gasteiger partial charge in [-0.2, -0.15) is 0 Å². The molecule has 138 valence electrons. The van der Waals surface area contributed by atoms with Crippen LogP contribution in [0, 0.1) is 0 Å².